The van der Waals surface area contributed by atoms with Gasteiger partial charge in [-0.15, -0.1) is 0 Å². The Morgan fingerprint density at radius 3 is 2.18 bits per heavy atom. The van der Waals surface area contributed by atoms with Crippen molar-refractivity contribution in [2.24, 2.45) is 11.8 Å². The van der Waals surface area contributed by atoms with E-state index in [0.29, 0.717) is 5.92 Å². The third-order valence-electron chi connectivity index (χ3n) is 3.47. The van der Waals surface area contributed by atoms with Crippen LogP contribution in [0.3, 0.4) is 0 Å². The number of alkyl halides is 1. The van der Waals surface area contributed by atoms with Crippen LogP contribution in [0.4, 0.5) is 4.39 Å². The smallest absolute Gasteiger partial charge is 0.325 e. The van der Waals surface area contributed by atoms with Crippen LogP contribution in [0.1, 0.15) is 72.1 Å². The standard InChI is InChI=1S/C15H30F.K/c1-4-7-9-14(6-3)10-11-15(8-5-2)12-13-16;/h10,14-15H,4-9,11-13H2,1-3H3;/q-1;+1. The minimum atomic E-state index is -0.149. The van der Waals surface area contributed by atoms with Gasteiger partial charge in [0.15, 0.2) is 0 Å². The average Bonchev–Trinajstić information content (AvgIpc) is 2.30. The molecule has 0 heterocycles. The second-order valence-corrected chi connectivity index (χ2v) is 4.91. The van der Waals surface area contributed by atoms with E-state index in [0.717, 1.165) is 18.8 Å². The molecular weight excluding hydrogens is 238 g/mol. The molecule has 2 atom stereocenters. The molecule has 0 amide bonds. The molecular formula is C15H30FK. The largest absolute Gasteiger partial charge is 1.00 e. The van der Waals surface area contributed by atoms with Crippen LogP contribution in [0.2, 0.25) is 0 Å². The molecule has 0 radical (unpaired) electrons. The summed E-state index contributed by atoms with van der Waals surface area (Å²) in [7, 11) is 0. The first-order chi connectivity index (χ1) is 7.78. The normalized spacial score (nSPS) is 14.1. The summed E-state index contributed by atoms with van der Waals surface area (Å²) in [5, 5.41) is 0. The first kappa shape index (κ1) is 20.9. The molecule has 98 valence electrons. The van der Waals surface area contributed by atoms with Crippen LogP contribution in [0, 0.1) is 18.3 Å². The van der Waals surface area contributed by atoms with Gasteiger partial charge >= 0.3 is 51.4 Å². The Labute approximate surface area is 151 Å². The molecule has 0 bridgehead atoms. The van der Waals surface area contributed by atoms with Gasteiger partial charge in [-0.2, -0.15) is 12.3 Å². The van der Waals surface area contributed by atoms with E-state index in [1.165, 1.54) is 38.5 Å². The molecule has 2 unspecified atom stereocenters. The van der Waals surface area contributed by atoms with Crippen LogP contribution >= 0.6 is 0 Å². The van der Waals surface area contributed by atoms with E-state index >= 15 is 0 Å². The van der Waals surface area contributed by atoms with Gasteiger partial charge in [0.25, 0.3) is 0 Å². The van der Waals surface area contributed by atoms with Crippen molar-refractivity contribution in [3.63, 3.8) is 0 Å². The Morgan fingerprint density at radius 2 is 1.71 bits per heavy atom. The van der Waals surface area contributed by atoms with Crippen molar-refractivity contribution in [3.05, 3.63) is 6.42 Å². The van der Waals surface area contributed by atoms with Gasteiger partial charge in [0.1, 0.15) is 0 Å². The van der Waals surface area contributed by atoms with Crippen molar-refractivity contribution in [1.82, 2.24) is 0 Å². The molecule has 0 saturated heterocycles. The van der Waals surface area contributed by atoms with Gasteiger partial charge in [-0.05, 0) is 6.42 Å². The summed E-state index contributed by atoms with van der Waals surface area (Å²) in [6.45, 7) is 6.56. The van der Waals surface area contributed by atoms with Gasteiger partial charge < -0.3 is 6.42 Å². The predicted octanol–water partition coefficient (Wildman–Crippen LogP) is 2.58. The van der Waals surface area contributed by atoms with E-state index in [1.807, 2.05) is 0 Å². The van der Waals surface area contributed by atoms with Crippen molar-refractivity contribution < 1.29 is 55.8 Å². The van der Waals surface area contributed by atoms with Crippen molar-refractivity contribution in [3.8, 4) is 0 Å². The zero-order valence-corrected chi connectivity index (χ0v) is 15.6. The molecule has 0 aromatic rings. The summed E-state index contributed by atoms with van der Waals surface area (Å²) in [6.07, 6.45) is 11.9. The molecule has 0 saturated carbocycles. The summed E-state index contributed by atoms with van der Waals surface area (Å²) in [5.74, 6) is 1.35. The molecule has 17 heavy (non-hydrogen) atoms. The maximum Gasteiger partial charge on any atom is 1.00 e. The summed E-state index contributed by atoms with van der Waals surface area (Å²) in [5.41, 5.74) is 0. The van der Waals surface area contributed by atoms with Gasteiger partial charge in [-0.1, -0.05) is 65.2 Å². The fraction of sp³-hybridized carbons (Fsp3) is 0.933. The quantitative estimate of drug-likeness (QED) is 0.399. The van der Waals surface area contributed by atoms with Gasteiger partial charge in [-0.25, -0.2) is 0 Å². The topological polar surface area (TPSA) is 0 Å². The first-order valence-corrected chi connectivity index (χ1v) is 7.17. The maximum atomic E-state index is 12.4. The molecule has 0 N–H and O–H groups in total. The van der Waals surface area contributed by atoms with Crippen LogP contribution in [0.15, 0.2) is 0 Å². The van der Waals surface area contributed by atoms with Gasteiger partial charge in [0, 0.05) is 0 Å². The molecule has 0 spiro atoms. The number of unbranched alkanes of at least 4 members (excludes halogenated alkanes) is 1. The van der Waals surface area contributed by atoms with Crippen molar-refractivity contribution in [1.29, 1.82) is 0 Å². The molecule has 0 rings (SSSR count). The number of halogens is 1. The predicted molar refractivity (Wildman–Crippen MR) is 71.2 cm³/mol. The molecule has 2 heteroatoms. The van der Waals surface area contributed by atoms with E-state index < -0.39 is 0 Å². The second-order valence-electron chi connectivity index (χ2n) is 4.91. The minimum Gasteiger partial charge on any atom is -0.325 e. The maximum absolute atomic E-state index is 12.4. The zero-order valence-electron chi connectivity index (χ0n) is 12.5. The van der Waals surface area contributed by atoms with E-state index in [2.05, 4.69) is 27.2 Å². The van der Waals surface area contributed by atoms with E-state index in [9.17, 15) is 4.39 Å². The fourth-order valence-corrected chi connectivity index (χ4v) is 2.28. The fourth-order valence-electron chi connectivity index (χ4n) is 2.28. The molecule has 0 aliphatic heterocycles. The molecule has 0 aliphatic carbocycles. The number of hydrogen-bond donors (Lipinski definition) is 0. The average molecular weight is 269 g/mol. The van der Waals surface area contributed by atoms with Crippen molar-refractivity contribution in [2.75, 3.05) is 6.67 Å². The van der Waals surface area contributed by atoms with E-state index in [-0.39, 0.29) is 58.1 Å². The van der Waals surface area contributed by atoms with E-state index in [1.54, 1.807) is 0 Å². The Hall–Kier alpha value is 1.57. The van der Waals surface area contributed by atoms with Crippen LogP contribution in [-0.4, -0.2) is 6.67 Å². The van der Waals surface area contributed by atoms with Gasteiger partial charge in [-0.3, -0.25) is 4.39 Å². The Morgan fingerprint density at radius 1 is 1.00 bits per heavy atom. The summed E-state index contributed by atoms with van der Waals surface area (Å²) >= 11 is 0. The van der Waals surface area contributed by atoms with Crippen molar-refractivity contribution >= 4 is 0 Å². The van der Waals surface area contributed by atoms with Crippen LogP contribution < -0.4 is 51.4 Å². The Balaban J connectivity index is 0. The SMILES string of the molecule is CCCCC([CH-]CC(CCC)CCF)CC.[K+]. The monoisotopic (exact) mass is 268 g/mol. The van der Waals surface area contributed by atoms with Gasteiger partial charge in [0.2, 0.25) is 0 Å². The Kier molecular flexibility index (Phi) is 19.2. The van der Waals surface area contributed by atoms with E-state index in [4.69, 9.17) is 0 Å². The summed E-state index contributed by atoms with van der Waals surface area (Å²) < 4.78 is 12.4. The summed E-state index contributed by atoms with van der Waals surface area (Å²) in [4.78, 5) is 0. The molecule has 0 fully saturated rings. The zero-order chi connectivity index (χ0) is 12.2. The minimum absolute atomic E-state index is 0. The molecule has 0 aliphatic rings. The molecule has 0 aromatic carbocycles. The van der Waals surface area contributed by atoms with Crippen LogP contribution in [0.5, 0.6) is 0 Å². The number of hydrogen-bond acceptors (Lipinski definition) is 0. The summed E-state index contributed by atoms with van der Waals surface area (Å²) in [6, 6.07) is 0. The first-order valence-electron chi connectivity index (χ1n) is 7.17. The molecule has 0 aromatic heterocycles. The number of rotatable bonds is 11. The molecule has 0 nitrogen and oxygen atoms in total. The third kappa shape index (κ3) is 12.3. The van der Waals surface area contributed by atoms with Crippen LogP contribution in [0.25, 0.3) is 0 Å². The van der Waals surface area contributed by atoms with Gasteiger partial charge in [0.05, 0.1) is 6.67 Å². The van der Waals surface area contributed by atoms with Crippen LogP contribution in [-0.2, 0) is 0 Å². The third-order valence-corrected chi connectivity index (χ3v) is 3.47. The Bertz CT molecular complexity index is 133. The van der Waals surface area contributed by atoms with Crippen molar-refractivity contribution in [2.45, 2.75) is 72.1 Å². The second kappa shape index (κ2) is 15.6.